The summed E-state index contributed by atoms with van der Waals surface area (Å²) in [6, 6.07) is 0. The normalized spacial score (nSPS) is 10.2. The molecule has 13 heavy (non-hydrogen) atoms. The summed E-state index contributed by atoms with van der Waals surface area (Å²) in [5.41, 5.74) is 5.50. The highest BCUT2D eigenvalue weighted by molar-refractivity contribution is 5.20. The molecule has 2 aromatic heterocycles. The monoisotopic (exact) mass is 175 g/mol. The van der Waals surface area contributed by atoms with Crippen LogP contribution in [0.25, 0.3) is 5.82 Å². The third kappa shape index (κ3) is 1.41. The van der Waals surface area contributed by atoms with Gasteiger partial charge in [-0.15, -0.1) is 0 Å². The van der Waals surface area contributed by atoms with Crippen molar-refractivity contribution in [2.24, 2.45) is 5.73 Å². The average molecular weight is 175 g/mol. The molecular weight excluding hydrogens is 166 g/mol. The van der Waals surface area contributed by atoms with Gasteiger partial charge in [-0.1, -0.05) is 0 Å². The molecule has 0 unspecified atom stereocenters. The van der Waals surface area contributed by atoms with Gasteiger partial charge in [0.1, 0.15) is 5.82 Å². The molecule has 0 aromatic carbocycles. The van der Waals surface area contributed by atoms with E-state index in [1.165, 1.54) is 0 Å². The Morgan fingerprint density at radius 3 is 2.85 bits per heavy atom. The minimum Gasteiger partial charge on any atom is -0.324 e. The Morgan fingerprint density at radius 1 is 1.23 bits per heavy atom. The van der Waals surface area contributed by atoms with Crippen molar-refractivity contribution >= 4 is 0 Å². The van der Waals surface area contributed by atoms with Crippen LogP contribution >= 0.6 is 0 Å². The van der Waals surface area contributed by atoms with Gasteiger partial charge in [-0.2, -0.15) is 0 Å². The van der Waals surface area contributed by atoms with E-state index in [-0.39, 0.29) is 0 Å². The fourth-order valence-corrected chi connectivity index (χ4v) is 1.11. The van der Waals surface area contributed by atoms with Crippen LogP contribution in [-0.4, -0.2) is 19.5 Å². The number of hydrogen-bond acceptors (Lipinski definition) is 4. The van der Waals surface area contributed by atoms with Crippen LogP contribution in [0.1, 0.15) is 5.82 Å². The average Bonchev–Trinajstić information content (AvgIpc) is 2.67. The summed E-state index contributed by atoms with van der Waals surface area (Å²) in [7, 11) is 0. The Bertz CT molecular complexity index is 380. The van der Waals surface area contributed by atoms with Crippen molar-refractivity contribution in [2.75, 3.05) is 0 Å². The third-order valence-electron chi connectivity index (χ3n) is 1.70. The van der Waals surface area contributed by atoms with Crippen LogP contribution in [0, 0.1) is 0 Å². The van der Waals surface area contributed by atoms with Gasteiger partial charge >= 0.3 is 0 Å². The maximum Gasteiger partial charge on any atom is 0.156 e. The van der Waals surface area contributed by atoms with Crippen LogP contribution in [0.4, 0.5) is 0 Å². The quantitative estimate of drug-likeness (QED) is 0.703. The molecule has 2 heterocycles. The SMILES string of the molecule is NCc1nccn1-c1cnccn1. The Kier molecular flexibility index (Phi) is 2.01. The molecule has 0 amide bonds. The molecule has 0 radical (unpaired) electrons. The molecule has 2 aromatic rings. The molecule has 0 bridgehead atoms. The van der Waals surface area contributed by atoms with Crippen LogP contribution in [0.3, 0.4) is 0 Å². The highest BCUT2D eigenvalue weighted by Gasteiger charge is 2.02. The zero-order valence-electron chi connectivity index (χ0n) is 6.96. The van der Waals surface area contributed by atoms with E-state index in [0.717, 1.165) is 11.6 Å². The van der Waals surface area contributed by atoms with Gasteiger partial charge in [0, 0.05) is 24.8 Å². The lowest BCUT2D eigenvalue weighted by molar-refractivity contribution is 0.842. The molecule has 5 heteroatoms. The molecule has 0 aliphatic carbocycles. The molecule has 0 saturated carbocycles. The van der Waals surface area contributed by atoms with Gasteiger partial charge in [0.15, 0.2) is 5.82 Å². The van der Waals surface area contributed by atoms with Crippen molar-refractivity contribution in [1.82, 2.24) is 19.5 Å². The van der Waals surface area contributed by atoms with Gasteiger partial charge in [0.25, 0.3) is 0 Å². The smallest absolute Gasteiger partial charge is 0.156 e. The third-order valence-corrected chi connectivity index (χ3v) is 1.70. The maximum absolute atomic E-state index is 5.50. The Morgan fingerprint density at radius 2 is 2.15 bits per heavy atom. The van der Waals surface area contributed by atoms with Crippen molar-refractivity contribution < 1.29 is 0 Å². The van der Waals surface area contributed by atoms with Crippen LogP contribution in [-0.2, 0) is 6.54 Å². The van der Waals surface area contributed by atoms with Crippen molar-refractivity contribution in [3.05, 3.63) is 36.8 Å². The lowest BCUT2D eigenvalue weighted by atomic mass is 10.5. The second kappa shape index (κ2) is 3.32. The van der Waals surface area contributed by atoms with Gasteiger partial charge in [0.2, 0.25) is 0 Å². The fourth-order valence-electron chi connectivity index (χ4n) is 1.11. The summed E-state index contributed by atoms with van der Waals surface area (Å²) in [6.07, 6.45) is 8.43. The Balaban J connectivity index is 2.47. The zero-order chi connectivity index (χ0) is 9.10. The summed E-state index contributed by atoms with van der Waals surface area (Å²) in [4.78, 5) is 12.2. The van der Waals surface area contributed by atoms with Gasteiger partial charge < -0.3 is 5.73 Å². The van der Waals surface area contributed by atoms with Crippen LogP contribution < -0.4 is 5.73 Å². The summed E-state index contributed by atoms with van der Waals surface area (Å²) in [5.74, 6) is 1.51. The van der Waals surface area contributed by atoms with Crippen LogP contribution in [0.15, 0.2) is 31.0 Å². The van der Waals surface area contributed by atoms with E-state index in [1.54, 1.807) is 24.8 Å². The van der Waals surface area contributed by atoms with Gasteiger partial charge in [-0.05, 0) is 0 Å². The second-order valence-electron chi connectivity index (χ2n) is 2.48. The number of hydrogen-bond donors (Lipinski definition) is 1. The predicted molar refractivity (Wildman–Crippen MR) is 47.0 cm³/mol. The molecular formula is C8H9N5. The Labute approximate surface area is 75.3 Å². The standard InChI is InChI=1S/C8H9N5/c9-5-7-12-3-4-13(7)8-6-10-1-2-11-8/h1-4,6H,5,9H2. The van der Waals surface area contributed by atoms with E-state index >= 15 is 0 Å². The minimum absolute atomic E-state index is 0.392. The molecule has 0 aliphatic rings. The topological polar surface area (TPSA) is 69.6 Å². The molecule has 0 fully saturated rings. The number of nitrogens with two attached hydrogens (primary N) is 1. The number of imidazole rings is 1. The first-order chi connectivity index (χ1) is 6.42. The highest BCUT2D eigenvalue weighted by Crippen LogP contribution is 2.04. The molecule has 0 aliphatic heterocycles. The van der Waals surface area contributed by atoms with E-state index < -0.39 is 0 Å². The van der Waals surface area contributed by atoms with Gasteiger partial charge in [-0.25, -0.2) is 9.97 Å². The minimum atomic E-state index is 0.392. The Hall–Kier alpha value is -1.75. The van der Waals surface area contributed by atoms with Crippen molar-refractivity contribution in [3.8, 4) is 5.82 Å². The molecule has 0 saturated heterocycles. The molecule has 0 atom stereocenters. The van der Waals surface area contributed by atoms with Crippen molar-refractivity contribution in [1.29, 1.82) is 0 Å². The zero-order valence-corrected chi connectivity index (χ0v) is 6.96. The first-order valence-electron chi connectivity index (χ1n) is 3.90. The number of nitrogens with zero attached hydrogens (tertiary/aromatic N) is 4. The largest absolute Gasteiger partial charge is 0.324 e. The molecule has 2 rings (SSSR count). The number of aromatic nitrogens is 4. The molecule has 5 nitrogen and oxygen atoms in total. The molecule has 66 valence electrons. The molecule has 0 spiro atoms. The summed E-state index contributed by atoms with van der Waals surface area (Å²) < 4.78 is 1.81. The van der Waals surface area contributed by atoms with Gasteiger partial charge in [-0.3, -0.25) is 9.55 Å². The first-order valence-corrected chi connectivity index (χ1v) is 3.90. The lowest BCUT2D eigenvalue weighted by Crippen LogP contribution is -2.07. The fraction of sp³-hybridized carbons (Fsp3) is 0.125. The van der Waals surface area contributed by atoms with Crippen LogP contribution in [0.2, 0.25) is 0 Å². The summed E-state index contributed by atoms with van der Waals surface area (Å²) in [6.45, 7) is 0.392. The molecule has 2 N–H and O–H groups in total. The van der Waals surface area contributed by atoms with E-state index in [9.17, 15) is 0 Å². The predicted octanol–water partition coefficient (Wildman–Crippen LogP) is 0.121. The van der Waals surface area contributed by atoms with Crippen molar-refractivity contribution in [3.63, 3.8) is 0 Å². The van der Waals surface area contributed by atoms with Crippen molar-refractivity contribution in [2.45, 2.75) is 6.54 Å². The number of rotatable bonds is 2. The van der Waals surface area contributed by atoms with E-state index in [1.807, 2.05) is 10.8 Å². The van der Waals surface area contributed by atoms with E-state index in [4.69, 9.17) is 5.73 Å². The summed E-state index contributed by atoms with van der Waals surface area (Å²) >= 11 is 0. The maximum atomic E-state index is 5.50. The van der Waals surface area contributed by atoms with E-state index in [2.05, 4.69) is 15.0 Å². The highest BCUT2D eigenvalue weighted by atomic mass is 15.1. The summed E-state index contributed by atoms with van der Waals surface area (Å²) in [5, 5.41) is 0. The van der Waals surface area contributed by atoms with E-state index in [0.29, 0.717) is 6.54 Å². The second-order valence-corrected chi connectivity index (χ2v) is 2.48. The van der Waals surface area contributed by atoms with Crippen LogP contribution in [0.5, 0.6) is 0 Å². The lowest BCUT2D eigenvalue weighted by Gasteiger charge is -2.02. The first kappa shape index (κ1) is 7.88. The van der Waals surface area contributed by atoms with Gasteiger partial charge in [0.05, 0.1) is 12.7 Å².